The highest BCUT2D eigenvalue weighted by Crippen LogP contribution is 2.22. The van der Waals surface area contributed by atoms with Crippen LogP contribution < -0.4 is 4.72 Å². The Morgan fingerprint density at radius 3 is 2.45 bits per heavy atom. The van der Waals surface area contributed by atoms with Crippen molar-refractivity contribution in [1.29, 1.82) is 0 Å². The molecule has 0 aliphatic carbocycles. The number of Topliss-reactive ketones (excluding diaryl/α,β-unsaturated/α-hetero) is 1. The van der Waals surface area contributed by atoms with Crippen LogP contribution in [0.3, 0.4) is 0 Å². The molecule has 0 saturated carbocycles. The van der Waals surface area contributed by atoms with Gasteiger partial charge in [-0.25, -0.2) is 8.42 Å². The largest absolute Gasteiger partial charge is 0.294 e. The Morgan fingerprint density at radius 2 is 1.80 bits per heavy atom. The quantitative estimate of drug-likeness (QED) is 0.856. The van der Waals surface area contributed by atoms with Crippen LogP contribution in [0.25, 0.3) is 0 Å². The van der Waals surface area contributed by atoms with Crippen LogP contribution in [0.2, 0.25) is 0 Å². The fourth-order valence-corrected chi connectivity index (χ4v) is 3.39. The van der Waals surface area contributed by atoms with Gasteiger partial charge in [-0.1, -0.05) is 34.1 Å². The van der Waals surface area contributed by atoms with Crippen LogP contribution in [-0.4, -0.2) is 14.2 Å². The molecule has 0 bridgehead atoms. The average Bonchev–Trinajstić information content (AvgIpc) is 2.38. The Labute approximate surface area is 126 Å². The summed E-state index contributed by atoms with van der Waals surface area (Å²) in [4.78, 5) is 11.6. The molecule has 0 heterocycles. The standard InChI is InChI=1S/C14H12BrNO3S/c1-10(17)13-7-2-3-8-14(13)16-20(18,19)12-6-4-5-11(15)9-12/h2-9,16H,1H3. The van der Waals surface area contributed by atoms with Crippen LogP contribution in [0.4, 0.5) is 5.69 Å². The summed E-state index contributed by atoms with van der Waals surface area (Å²) in [6.07, 6.45) is 0. The highest BCUT2D eigenvalue weighted by Gasteiger charge is 2.17. The average molecular weight is 354 g/mol. The van der Waals surface area contributed by atoms with Gasteiger partial charge in [0.2, 0.25) is 0 Å². The van der Waals surface area contributed by atoms with Crippen LogP contribution in [0.1, 0.15) is 17.3 Å². The molecule has 0 aliphatic heterocycles. The fourth-order valence-electron chi connectivity index (χ4n) is 1.72. The number of anilines is 1. The molecule has 0 aliphatic rings. The topological polar surface area (TPSA) is 63.2 Å². The Kier molecular flexibility index (Phi) is 4.25. The summed E-state index contributed by atoms with van der Waals surface area (Å²) in [5.74, 6) is -0.197. The van der Waals surface area contributed by atoms with Gasteiger partial charge in [0.25, 0.3) is 10.0 Å². The Bertz CT molecular complexity index is 757. The van der Waals surface area contributed by atoms with Gasteiger partial charge in [-0.05, 0) is 37.3 Å². The number of halogens is 1. The fraction of sp³-hybridized carbons (Fsp3) is 0.0714. The van der Waals surface area contributed by atoms with Gasteiger partial charge in [0.05, 0.1) is 10.6 Å². The van der Waals surface area contributed by atoms with Gasteiger partial charge in [-0.15, -0.1) is 0 Å². The maximum absolute atomic E-state index is 12.3. The maximum atomic E-state index is 12.3. The van der Waals surface area contributed by atoms with Gasteiger partial charge < -0.3 is 0 Å². The van der Waals surface area contributed by atoms with E-state index in [1.54, 1.807) is 36.4 Å². The smallest absolute Gasteiger partial charge is 0.261 e. The lowest BCUT2D eigenvalue weighted by molar-refractivity contribution is 0.101. The van der Waals surface area contributed by atoms with E-state index in [-0.39, 0.29) is 16.4 Å². The third-order valence-electron chi connectivity index (χ3n) is 2.66. The van der Waals surface area contributed by atoms with Crippen molar-refractivity contribution in [1.82, 2.24) is 0 Å². The molecular weight excluding hydrogens is 342 g/mol. The summed E-state index contributed by atoms with van der Waals surface area (Å²) in [5, 5.41) is 0. The third kappa shape index (κ3) is 3.26. The highest BCUT2D eigenvalue weighted by molar-refractivity contribution is 9.10. The number of sulfonamides is 1. The summed E-state index contributed by atoms with van der Waals surface area (Å²) in [5.41, 5.74) is 0.617. The minimum atomic E-state index is -3.72. The maximum Gasteiger partial charge on any atom is 0.261 e. The van der Waals surface area contributed by atoms with Crippen molar-refractivity contribution in [2.24, 2.45) is 0 Å². The molecule has 104 valence electrons. The van der Waals surface area contributed by atoms with Crippen molar-refractivity contribution in [2.75, 3.05) is 4.72 Å². The lowest BCUT2D eigenvalue weighted by Crippen LogP contribution is -2.15. The number of carbonyl (C=O) groups excluding carboxylic acids is 1. The van der Waals surface area contributed by atoms with Gasteiger partial charge >= 0.3 is 0 Å². The van der Waals surface area contributed by atoms with Crippen LogP contribution >= 0.6 is 15.9 Å². The molecule has 2 aromatic rings. The second-order valence-electron chi connectivity index (χ2n) is 4.16. The molecule has 0 saturated heterocycles. The first kappa shape index (κ1) is 14.7. The van der Waals surface area contributed by atoms with Gasteiger partial charge in [-0.2, -0.15) is 0 Å². The Hall–Kier alpha value is -1.66. The molecule has 0 amide bonds. The molecule has 2 rings (SSSR count). The van der Waals surface area contributed by atoms with Crippen molar-refractivity contribution in [3.8, 4) is 0 Å². The van der Waals surface area contributed by atoms with Gasteiger partial charge in [-0.3, -0.25) is 9.52 Å². The lowest BCUT2D eigenvalue weighted by Gasteiger charge is -2.11. The number of rotatable bonds is 4. The van der Waals surface area contributed by atoms with Crippen molar-refractivity contribution in [3.05, 3.63) is 58.6 Å². The van der Waals surface area contributed by atoms with Crippen molar-refractivity contribution >= 4 is 37.4 Å². The molecule has 6 heteroatoms. The van der Waals surface area contributed by atoms with Gasteiger partial charge in [0, 0.05) is 10.0 Å². The number of nitrogens with one attached hydrogen (secondary N) is 1. The zero-order valence-electron chi connectivity index (χ0n) is 10.6. The molecule has 2 aromatic carbocycles. The minimum absolute atomic E-state index is 0.130. The molecule has 0 atom stereocenters. The van der Waals surface area contributed by atoms with Crippen LogP contribution in [0, 0.1) is 0 Å². The SMILES string of the molecule is CC(=O)c1ccccc1NS(=O)(=O)c1cccc(Br)c1. The van der Waals surface area contributed by atoms with E-state index in [0.29, 0.717) is 10.0 Å². The zero-order valence-corrected chi connectivity index (χ0v) is 13.0. The second kappa shape index (κ2) is 5.76. The van der Waals surface area contributed by atoms with Crippen LogP contribution in [-0.2, 0) is 10.0 Å². The highest BCUT2D eigenvalue weighted by atomic mass is 79.9. The van der Waals surface area contributed by atoms with E-state index in [1.807, 2.05) is 0 Å². The number of benzene rings is 2. The molecule has 1 N–H and O–H groups in total. The Morgan fingerprint density at radius 1 is 1.10 bits per heavy atom. The van der Waals surface area contributed by atoms with Crippen molar-refractivity contribution < 1.29 is 13.2 Å². The first-order valence-corrected chi connectivity index (χ1v) is 8.06. The number of hydrogen-bond donors (Lipinski definition) is 1. The molecule has 0 fully saturated rings. The van der Waals surface area contributed by atoms with Crippen molar-refractivity contribution in [3.63, 3.8) is 0 Å². The first-order valence-electron chi connectivity index (χ1n) is 5.78. The Balaban J connectivity index is 2.41. The van der Waals surface area contributed by atoms with E-state index >= 15 is 0 Å². The number of para-hydroxylation sites is 1. The van der Waals surface area contributed by atoms with E-state index in [1.165, 1.54) is 19.1 Å². The molecule has 0 unspecified atom stereocenters. The summed E-state index contributed by atoms with van der Waals surface area (Å²) in [7, 11) is -3.72. The number of carbonyl (C=O) groups is 1. The summed E-state index contributed by atoms with van der Waals surface area (Å²) >= 11 is 3.23. The zero-order chi connectivity index (χ0) is 14.8. The third-order valence-corrected chi connectivity index (χ3v) is 4.51. The molecular formula is C14H12BrNO3S. The molecule has 0 spiro atoms. The predicted octanol–water partition coefficient (Wildman–Crippen LogP) is 3.45. The van der Waals surface area contributed by atoms with Crippen LogP contribution in [0.5, 0.6) is 0 Å². The minimum Gasteiger partial charge on any atom is -0.294 e. The predicted molar refractivity (Wildman–Crippen MR) is 81.4 cm³/mol. The second-order valence-corrected chi connectivity index (χ2v) is 6.76. The van der Waals surface area contributed by atoms with Crippen molar-refractivity contribution in [2.45, 2.75) is 11.8 Å². The molecule has 0 aromatic heterocycles. The summed E-state index contributed by atoms with van der Waals surface area (Å²) < 4.78 is 27.7. The van der Waals surface area contributed by atoms with E-state index in [9.17, 15) is 13.2 Å². The summed E-state index contributed by atoms with van der Waals surface area (Å²) in [6.45, 7) is 1.40. The summed E-state index contributed by atoms with van der Waals surface area (Å²) in [6, 6.07) is 12.9. The van der Waals surface area contributed by atoms with Gasteiger partial charge in [0.15, 0.2) is 5.78 Å². The number of hydrogen-bond acceptors (Lipinski definition) is 3. The molecule has 0 radical (unpaired) electrons. The molecule has 4 nitrogen and oxygen atoms in total. The lowest BCUT2D eigenvalue weighted by atomic mass is 10.1. The monoisotopic (exact) mass is 353 g/mol. The first-order chi connectivity index (χ1) is 9.40. The van der Waals surface area contributed by atoms with E-state index in [0.717, 1.165) is 0 Å². The van der Waals surface area contributed by atoms with E-state index in [4.69, 9.17) is 0 Å². The molecule has 20 heavy (non-hydrogen) atoms. The van der Waals surface area contributed by atoms with Gasteiger partial charge in [0.1, 0.15) is 0 Å². The number of ketones is 1. The van der Waals surface area contributed by atoms with Crippen LogP contribution in [0.15, 0.2) is 57.9 Å². The normalized spacial score (nSPS) is 11.1. The van der Waals surface area contributed by atoms with E-state index in [2.05, 4.69) is 20.7 Å². The van der Waals surface area contributed by atoms with E-state index < -0.39 is 10.0 Å².